The van der Waals surface area contributed by atoms with E-state index >= 15 is 0 Å². The van der Waals surface area contributed by atoms with Crippen molar-refractivity contribution in [3.8, 4) is 0 Å². The molecule has 1 fully saturated rings. The van der Waals surface area contributed by atoms with Crippen LogP contribution >= 0.6 is 0 Å². The SMILES string of the molecule is CCCC1CN(C=O)C(CCO)CN1C(=O)C(c1ccccc1)c1ccccc1. The molecule has 0 aromatic heterocycles. The molecule has 1 saturated heterocycles. The summed E-state index contributed by atoms with van der Waals surface area (Å²) in [5.41, 5.74) is 1.94. The highest BCUT2D eigenvalue weighted by atomic mass is 16.3. The van der Waals surface area contributed by atoms with Crippen LogP contribution in [0.2, 0.25) is 0 Å². The molecule has 1 heterocycles. The normalized spacial score (nSPS) is 19.4. The number of aliphatic hydroxyl groups is 1. The van der Waals surface area contributed by atoms with Gasteiger partial charge in [-0.1, -0.05) is 74.0 Å². The van der Waals surface area contributed by atoms with Crippen molar-refractivity contribution in [3.05, 3.63) is 71.8 Å². The highest BCUT2D eigenvalue weighted by Gasteiger charge is 2.38. The van der Waals surface area contributed by atoms with Crippen LogP contribution in [0.3, 0.4) is 0 Å². The summed E-state index contributed by atoms with van der Waals surface area (Å²) < 4.78 is 0. The number of piperazine rings is 1. The van der Waals surface area contributed by atoms with Gasteiger partial charge in [-0.15, -0.1) is 0 Å². The molecule has 29 heavy (non-hydrogen) atoms. The molecular formula is C24H30N2O3. The van der Waals surface area contributed by atoms with Gasteiger partial charge in [-0.2, -0.15) is 0 Å². The van der Waals surface area contributed by atoms with Crippen molar-refractivity contribution < 1.29 is 14.7 Å². The lowest BCUT2D eigenvalue weighted by Crippen LogP contribution is -2.60. The van der Waals surface area contributed by atoms with E-state index in [9.17, 15) is 14.7 Å². The summed E-state index contributed by atoms with van der Waals surface area (Å²) in [6, 6.07) is 19.6. The Balaban J connectivity index is 1.96. The molecule has 154 valence electrons. The number of nitrogens with zero attached hydrogens (tertiary/aromatic N) is 2. The van der Waals surface area contributed by atoms with Gasteiger partial charge in [0.1, 0.15) is 0 Å². The molecule has 0 radical (unpaired) electrons. The molecule has 5 nitrogen and oxygen atoms in total. The molecule has 5 heteroatoms. The standard InChI is InChI=1S/C24H30N2O3/c1-2-9-22-16-25(18-28)21(14-15-27)17-26(22)24(29)23(19-10-5-3-6-11-19)20-12-7-4-8-13-20/h3-8,10-13,18,21-23,27H,2,9,14-17H2,1H3. The first-order valence-corrected chi connectivity index (χ1v) is 10.4. The third-order valence-electron chi connectivity index (χ3n) is 5.75. The minimum Gasteiger partial charge on any atom is -0.396 e. The molecule has 1 aliphatic rings. The van der Waals surface area contributed by atoms with Crippen molar-refractivity contribution >= 4 is 12.3 Å². The molecule has 2 atom stereocenters. The van der Waals surface area contributed by atoms with Crippen molar-refractivity contribution in [2.75, 3.05) is 19.7 Å². The van der Waals surface area contributed by atoms with Gasteiger partial charge in [0.05, 0.1) is 12.0 Å². The first-order valence-electron chi connectivity index (χ1n) is 10.4. The molecule has 2 unspecified atom stereocenters. The lowest BCUT2D eigenvalue weighted by Gasteiger charge is -2.46. The van der Waals surface area contributed by atoms with Crippen LogP contribution < -0.4 is 0 Å². The van der Waals surface area contributed by atoms with Gasteiger partial charge in [0.15, 0.2) is 0 Å². The summed E-state index contributed by atoms with van der Waals surface area (Å²) in [6.07, 6.45) is 3.12. The predicted octanol–water partition coefficient (Wildman–Crippen LogP) is 3.04. The highest BCUT2D eigenvalue weighted by molar-refractivity contribution is 5.87. The second kappa shape index (κ2) is 10.2. The maximum Gasteiger partial charge on any atom is 0.234 e. The molecule has 0 saturated carbocycles. The van der Waals surface area contributed by atoms with Crippen LogP contribution in [0.4, 0.5) is 0 Å². The summed E-state index contributed by atoms with van der Waals surface area (Å²) in [5, 5.41) is 9.45. The molecule has 2 aromatic carbocycles. The van der Waals surface area contributed by atoms with Gasteiger partial charge in [0.2, 0.25) is 12.3 Å². The monoisotopic (exact) mass is 394 g/mol. The van der Waals surface area contributed by atoms with E-state index in [2.05, 4.69) is 6.92 Å². The van der Waals surface area contributed by atoms with Crippen LogP contribution in [-0.2, 0) is 9.59 Å². The highest BCUT2D eigenvalue weighted by Crippen LogP contribution is 2.30. The van der Waals surface area contributed by atoms with E-state index in [-0.39, 0.29) is 30.5 Å². The Kier molecular flexibility index (Phi) is 7.42. The maximum atomic E-state index is 13.9. The number of hydrogen-bond acceptors (Lipinski definition) is 3. The lowest BCUT2D eigenvalue weighted by atomic mass is 9.88. The fraction of sp³-hybridized carbons (Fsp3) is 0.417. The van der Waals surface area contributed by atoms with E-state index in [4.69, 9.17) is 0 Å². The number of amides is 2. The van der Waals surface area contributed by atoms with Crippen LogP contribution in [0.25, 0.3) is 0 Å². The largest absolute Gasteiger partial charge is 0.396 e. The zero-order valence-corrected chi connectivity index (χ0v) is 17.0. The Morgan fingerprint density at radius 2 is 1.59 bits per heavy atom. The van der Waals surface area contributed by atoms with E-state index in [0.29, 0.717) is 19.5 Å². The van der Waals surface area contributed by atoms with Gasteiger partial charge in [0.25, 0.3) is 0 Å². The number of benzene rings is 2. The fourth-order valence-electron chi connectivity index (χ4n) is 4.29. The molecule has 1 N–H and O–H groups in total. The van der Waals surface area contributed by atoms with Crippen LogP contribution in [0.1, 0.15) is 43.2 Å². The van der Waals surface area contributed by atoms with E-state index < -0.39 is 0 Å². The smallest absolute Gasteiger partial charge is 0.234 e. The second-order valence-corrected chi connectivity index (χ2v) is 7.66. The van der Waals surface area contributed by atoms with E-state index in [0.717, 1.165) is 30.4 Å². The van der Waals surface area contributed by atoms with E-state index in [1.807, 2.05) is 65.6 Å². The lowest BCUT2D eigenvalue weighted by molar-refractivity contribution is -0.142. The van der Waals surface area contributed by atoms with E-state index in [1.165, 1.54) is 0 Å². The summed E-state index contributed by atoms with van der Waals surface area (Å²) in [5.74, 6) is -0.316. The summed E-state index contributed by atoms with van der Waals surface area (Å²) in [4.78, 5) is 29.2. The molecule has 3 rings (SSSR count). The number of rotatable bonds is 8. The quantitative estimate of drug-likeness (QED) is 0.700. The van der Waals surface area contributed by atoms with Gasteiger partial charge in [-0.25, -0.2) is 0 Å². The molecular weight excluding hydrogens is 364 g/mol. The van der Waals surface area contributed by atoms with Crippen molar-refractivity contribution in [2.45, 2.75) is 44.2 Å². The number of carbonyl (C=O) groups excluding carboxylic acids is 2. The van der Waals surface area contributed by atoms with Gasteiger partial charge in [0, 0.05) is 25.7 Å². The second-order valence-electron chi connectivity index (χ2n) is 7.66. The van der Waals surface area contributed by atoms with Crippen LogP contribution in [0.5, 0.6) is 0 Å². The third-order valence-corrected chi connectivity index (χ3v) is 5.75. The summed E-state index contributed by atoms with van der Waals surface area (Å²) in [6.45, 7) is 3.07. The topological polar surface area (TPSA) is 60.9 Å². The minimum absolute atomic E-state index is 0.00369. The minimum atomic E-state index is -0.380. The van der Waals surface area contributed by atoms with Gasteiger partial charge < -0.3 is 14.9 Å². The first kappa shape index (κ1) is 21.1. The number of carbonyl (C=O) groups is 2. The van der Waals surface area contributed by atoms with Crippen molar-refractivity contribution in [1.82, 2.24) is 9.80 Å². The van der Waals surface area contributed by atoms with Gasteiger partial charge >= 0.3 is 0 Å². The average Bonchev–Trinajstić information content (AvgIpc) is 2.76. The van der Waals surface area contributed by atoms with Crippen molar-refractivity contribution in [2.24, 2.45) is 0 Å². The summed E-state index contributed by atoms with van der Waals surface area (Å²) in [7, 11) is 0. The molecule has 0 bridgehead atoms. The fourth-order valence-corrected chi connectivity index (χ4v) is 4.29. The third kappa shape index (κ3) is 4.85. The van der Waals surface area contributed by atoms with Crippen LogP contribution in [0, 0.1) is 0 Å². The Morgan fingerprint density at radius 3 is 2.07 bits per heavy atom. The van der Waals surface area contributed by atoms with Crippen molar-refractivity contribution in [1.29, 1.82) is 0 Å². The Morgan fingerprint density at radius 1 is 1.00 bits per heavy atom. The maximum absolute atomic E-state index is 13.9. The van der Waals surface area contributed by atoms with Gasteiger partial charge in [-0.3, -0.25) is 9.59 Å². The number of aliphatic hydroxyl groups excluding tert-OH is 1. The van der Waals surface area contributed by atoms with Crippen molar-refractivity contribution in [3.63, 3.8) is 0 Å². The Bertz CT molecular complexity index is 742. The van der Waals surface area contributed by atoms with E-state index in [1.54, 1.807) is 4.90 Å². The molecule has 2 aromatic rings. The van der Waals surface area contributed by atoms with Crippen LogP contribution in [-0.4, -0.2) is 59.0 Å². The number of hydrogen-bond donors (Lipinski definition) is 1. The Hall–Kier alpha value is -2.66. The molecule has 0 aliphatic carbocycles. The molecule has 1 aliphatic heterocycles. The zero-order valence-electron chi connectivity index (χ0n) is 17.0. The average molecular weight is 395 g/mol. The first-order chi connectivity index (χ1) is 14.2. The summed E-state index contributed by atoms with van der Waals surface area (Å²) >= 11 is 0. The Labute approximate surface area is 172 Å². The zero-order chi connectivity index (χ0) is 20.6. The predicted molar refractivity (Wildman–Crippen MR) is 113 cm³/mol. The van der Waals surface area contributed by atoms with Crippen LogP contribution in [0.15, 0.2) is 60.7 Å². The molecule has 2 amide bonds. The van der Waals surface area contributed by atoms with Gasteiger partial charge in [-0.05, 0) is 24.0 Å². The molecule has 0 spiro atoms.